The number of carbonyl (C=O) groups is 3. The highest BCUT2D eigenvalue weighted by atomic mass is 16.8. The first-order chi connectivity index (χ1) is 19.5. The summed E-state index contributed by atoms with van der Waals surface area (Å²) in [5.41, 5.74) is 0.552. The van der Waals surface area contributed by atoms with Crippen LogP contribution in [-0.4, -0.2) is 107 Å². The van der Waals surface area contributed by atoms with E-state index in [0.717, 1.165) is 6.26 Å². The molecule has 0 bridgehead atoms. The van der Waals surface area contributed by atoms with Crippen molar-refractivity contribution in [2.75, 3.05) is 26.8 Å². The van der Waals surface area contributed by atoms with Gasteiger partial charge in [0.15, 0.2) is 6.29 Å². The standard InChI is InChI=1S/C27H35NO13/c1-3-16-17(7-6-14-9-15(24(35)36)11-28(10-14)8-4-5-20(30)31)18(25(37)38-2)13-39-26(16)41-27-23(34)22(33)21(32)19(12-29)40-27/h3,6-7,9-10,13,16-17,19,21-23,26-27,29,32-34H,1,4-5,8,11-12H2,2H3,(H,30,31)(H,35,36)/b7-6+/t16-,17+,19-,21-,22+,23-,26+,27+/m1/s1. The van der Waals surface area contributed by atoms with E-state index in [4.69, 9.17) is 24.1 Å². The van der Waals surface area contributed by atoms with Crippen LogP contribution in [0.5, 0.6) is 0 Å². The third kappa shape index (κ3) is 7.89. The fourth-order valence-corrected chi connectivity index (χ4v) is 4.81. The number of aliphatic hydroxyl groups is 4. The van der Waals surface area contributed by atoms with E-state index in [1.165, 1.54) is 19.3 Å². The number of aliphatic hydroxyl groups excluding tert-OH is 4. The monoisotopic (exact) mass is 581 g/mol. The molecule has 14 nitrogen and oxygen atoms in total. The first kappa shape index (κ1) is 32.1. The zero-order valence-corrected chi connectivity index (χ0v) is 22.3. The van der Waals surface area contributed by atoms with Crippen molar-refractivity contribution in [2.24, 2.45) is 11.8 Å². The highest BCUT2D eigenvalue weighted by Gasteiger charge is 2.47. The molecule has 0 saturated carbocycles. The third-order valence-electron chi connectivity index (χ3n) is 7.00. The third-order valence-corrected chi connectivity index (χ3v) is 7.00. The van der Waals surface area contributed by atoms with Crippen molar-refractivity contribution in [1.82, 2.24) is 0 Å². The van der Waals surface area contributed by atoms with Crippen LogP contribution in [0.25, 0.3) is 0 Å². The highest BCUT2D eigenvalue weighted by Crippen LogP contribution is 2.36. The topological polar surface area (TPSA) is 217 Å². The average molecular weight is 582 g/mol. The van der Waals surface area contributed by atoms with Gasteiger partial charge >= 0.3 is 11.9 Å². The second-order valence-electron chi connectivity index (χ2n) is 9.78. The summed E-state index contributed by atoms with van der Waals surface area (Å²) in [6, 6.07) is 0. The Hall–Kier alpha value is -3.37. The van der Waals surface area contributed by atoms with Crippen LogP contribution in [0.2, 0.25) is 0 Å². The molecule has 1 unspecified atom stereocenters. The lowest BCUT2D eigenvalue weighted by atomic mass is 9.83. The van der Waals surface area contributed by atoms with Gasteiger partial charge in [-0.15, -0.1) is 6.58 Å². The number of allylic oxidation sites excluding steroid dienone is 4. The minimum atomic E-state index is -1.70. The molecule has 0 aromatic heterocycles. The molecule has 0 spiro atoms. The lowest BCUT2D eigenvalue weighted by Crippen LogP contribution is -3.08. The summed E-state index contributed by atoms with van der Waals surface area (Å²) in [4.78, 5) is 35.8. The number of aliphatic carboxylic acids is 2. The normalized spacial score (nSPS) is 33.7. The number of carbonyl (C=O) groups excluding carboxylic acids is 2. The number of carboxylic acids is 2. The lowest BCUT2D eigenvalue weighted by molar-refractivity contribution is -0.842. The summed E-state index contributed by atoms with van der Waals surface area (Å²) >= 11 is 0. The van der Waals surface area contributed by atoms with Crippen molar-refractivity contribution in [3.05, 3.63) is 60.1 Å². The van der Waals surface area contributed by atoms with Crippen molar-refractivity contribution in [2.45, 2.75) is 49.8 Å². The molecule has 0 aliphatic carbocycles. The van der Waals surface area contributed by atoms with Crippen LogP contribution in [-0.2, 0) is 33.3 Å². The number of rotatable bonds is 12. The SMILES string of the molecule is C=C[C@H]1[C@H](O[C@@H]2O[C@H](CO)[C@@H](O)[C@H](O)[C@H]2O)OC=C(C(=O)OC)[C@H]1/C=C/C1=C[NH+](CCCC(=O)O)CC(C(=O)[O-])=C1. The maximum absolute atomic E-state index is 12.6. The molecule has 3 aliphatic heterocycles. The van der Waals surface area contributed by atoms with E-state index in [0.29, 0.717) is 23.4 Å². The first-order valence-electron chi connectivity index (χ1n) is 12.9. The number of hydrogen-bond donors (Lipinski definition) is 6. The lowest BCUT2D eigenvalue weighted by Gasteiger charge is -2.42. The molecule has 1 fully saturated rings. The summed E-state index contributed by atoms with van der Waals surface area (Å²) in [5, 5.41) is 60.5. The number of hydrogen-bond acceptors (Lipinski definition) is 12. The predicted octanol–water partition coefficient (Wildman–Crippen LogP) is -3.49. The zero-order valence-electron chi connectivity index (χ0n) is 22.3. The number of methoxy groups -OCH3 is 1. The van der Waals surface area contributed by atoms with Gasteiger partial charge in [-0.1, -0.05) is 18.2 Å². The van der Waals surface area contributed by atoms with Crippen LogP contribution in [0, 0.1) is 11.8 Å². The van der Waals surface area contributed by atoms with Gasteiger partial charge in [0, 0.05) is 23.5 Å². The number of esters is 1. The van der Waals surface area contributed by atoms with Crippen LogP contribution in [0.1, 0.15) is 12.8 Å². The molecular weight excluding hydrogens is 546 g/mol. The molecule has 0 aromatic carbocycles. The van der Waals surface area contributed by atoms with Crippen molar-refractivity contribution in [3.8, 4) is 0 Å². The van der Waals surface area contributed by atoms with E-state index in [9.17, 15) is 39.9 Å². The van der Waals surface area contributed by atoms with Crippen molar-refractivity contribution in [1.29, 1.82) is 0 Å². The second-order valence-corrected chi connectivity index (χ2v) is 9.78. The number of nitrogens with one attached hydrogen (secondary N) is 1. The first-order valence-corrected chi connectivity index (χ1v) is 12.9. The van der Waals surface area contributed by atoms with Gasteiger partial charge in [0.25, 0.3) is 0 Å². The molecule has 14 heteroatoms. The van der Waals surface area contributed by atoms with E-state index in [1.54, 1.807) is 18.4 Å². The predicted molar refractivity (Wildman–Crippen MR) is 135 cm³/mol. The van der Waals surface area contributed by atoms with Gasteiger partial charge in [0.1, 0.15) is 37.2 Å². The number of quaternary nitrogens is 1. The summed E-state index contributed by atoms with van der Waals surface area (Å²) in [5.74, 6) is -4.63. The van der Waals surface area contributed by atoms with Crippen molar-refractivity contribution < 1.29 is 68.9 Å². The van der Waals surface area contributed by atoms with Crippen molar-refractivity contribution >= 4 is 17.9 Å². The molecule has 3 aliphatic rings. The molecular formula is C27H35NO13. The van der Waals surface area contributed by atoms with Gasteiger partial charge in [-0.05, 0) is 6.08 Å². The van der Waals surface area contributed by atoms with E-state index in [1.807, 2.05) is 0 Å². The van der Waals surface area contributed by atoms with Crippen LogP contribution in [0.4, 0.5) is 0 Å². The Kier molecular flexibility index (Phi) is 11.4. The van der Waals surface area contributed by atoms with Crippen LogP contribution < -0.4 is 10.0 Å². The second kappa shape index (κ2) is 14.5. The Bertz CT molecular complexity index is 1110. The molecule has 6 N–H and O–H groups in total. The molecule has 0 aromatic rings. The van der Waals surface area contributed by atoms with Crippen LogP contribution in [0.3, 0.4) is 0 Å². The van der Waals surface area contributed by atoms with E-state index in [-0.39, 0.29) is 24.1 Å². The Morgan fingerprint density at radius 3 is 2.54 bits per heavy atom. The number of carboxylic acid groups (broad SMARTS) is 2. The van der Waals surface area contributed by atoms with Crippen LogP contribution >= 0.6 is 0 Å². The quantitative estimate of drug-likeness (QED) is 0.0976. The van der Waals surface area contributed by atoms with Gasteiger partial charge in [0.2, 0.25) is 6.29 Å². The summed E-state index contributed by atoms with van der Waals surface area (Å²) in [6.45, 7) is 3.60. The molecule has 226 valence electrons. The highest BCUT2D eigenvalue weighted by molar-refractivity contribution is 5.89. The minimum absolute atomic E-state index is 0.0114. The van der Waals surface area contributed by atoms with Gasteiger partial charge in [-0.25, -0.2) is 4.79 Å². The van der Waals surface area contributed by atoms with Gasteiger partial charge in [-0.2, -0.15) is 0 Å². The Morgan fingerprint density at radius 2 is 1.93 bits per heavy atom. The zero-order chi connectivity index (χ0) is 30.3. The molecule has 0 radical (unpaired) electrons. The molecule has 0 amide bonds. The van der Waals surface area contributed by atoms with Crippen molar-refractivity contribution in [3.63, 3.8) is 0 Å². The number of ether oxygens (including phenoxy) is 4. The van der Waals surface area contributed by atoms with Gasteiger partial charge < -0.3 is 59.3 Å². The molecule has 3 heterocycles. The minimum Gasteiger partial charge on any atom is -0.545 e. The fourth-order valence-electron chi connectivity index (χ4n) is 4.81. The molecule has 41 heavy (non-hydrogen) atoms. The maximum Gasteiger partial charge on any atom is 0.337 e. The fraction of sp³-hybridized carbons (Fsp3) is 0.519. The van der Waals surface area contributed by atoms with E-state index in [2.05, 4.69) is 6.58 Å². The summed E-state index contributed by atoms with van der Waals surface area (Å²) < 4.78 is 21.7. The molecule has 3 rings (SSSR count). The van der Waals surface area contributed by atoms with Gasteiger partial charge in [0.05, 0.1) is 50.4 Å². The van der Waals surface area contributed by atoms with Crippen LogP contribution in [0.15, 0.2) is 60.1 Å². The smallest absolute Gasteiger partial charge is 0.337 e. The molecule has 9 atom stereocenters. The summed E-state index contributed by atoms with van der Waals surface area (Å²) in [6.07, 6.45) is 0.184. The molecule has 1 saturated heterocycles. The Balaban J connectivity index is 1.88. The van der Waals surface area contributed by atoms with E-state index >= 15 is 0 Å². The maximum atomic E-state index is 12.6. The average Bonchev–Trinajstić information content (AvgIpc) is 2.95. The largest absolute Gasteiger partial charge is 0.545 e. The summed E-state index contributed by atoms with van der Waals surface area (Å²) in [7, 11) is 1.18. The van der Waals surface area contributed by atoms with Gasteiger partial charge in [-0.3, -0.25) is 4.79 Å². The Morgan fingerprint density at radius 1 is 1.20 bits per heavy atom. The Labute approximate surface area is 235 Å². The van der Waals surface area contributed by atoms with E-state index < -0.39 is 73.3 Å².